The minimum Gasteiger partial charge on any atom is -0.256 e. The van der Waals surface area contributed by atoms with Crippen molar-refractivity contribution in [2.45, 2.75) is 72.1 Å². The van der Waals surface area contributed by atoms with Gasteiger partial charge in [0.25, 0.3) is 0 Å². The fourth-order valence-electron chi connectivity index (χ4n) is 5.72. The van der Waals surface area contributed by atoms with E-state index in [-0.39, 0.29) is 10.8 Å². The Kier molecular flexibility index (Phi) is 8.56. The van der Waals surface area contributed by atoms with Crippen molar-refractivity contribution in [1.82, 2.24) is 4.98 Å². The normalized spacial score (nSPS) is 12.5. The minimum absolute atomic E-state index is 0.0552. The van der Waals surface area contributed by atoms with Crippen LogP contribution in [0, 0.1) is 0 Å². The molecule has 0 N–H and O–H groups in total. The monoisotopic (exact) mass is 620 g/mol. The largest absolute Gasteiger partial charge is 0.256 e. The highest BCUT2D eigenvalue weighted by atomic mass is 32.1. The molecule has 6 rings (SSSR count). The molecule has 6 aromatic rings. The average molecular weight is 621 g/mol. The van der Waals surface area contributed by atoms with Gasteiger partial charge in [-0.2, -0.15) is 0 Å². The lowest BCUT2D eigenvalue weighted by Gasteiger charge is -2.25. The number of thiazole rings is 1. The summed E-state index contributed by atoms with van der Waals surface area (Å²) in [6, 6.07) is 39.5. The molecular formula is C43H44N2S. The molecule has 0 radical (unpaired) electrons. The van der Waals surface area contributed by atoms with Gasteiger partial charge in [0.05, 0.1) is 15.9 Å². The number of nitrogens with zero attached hydrogens (tertiary/aromatic N) is 2. The van der Waals surface area contributed by atoms with Crippen molar-refractivity contribution in [2.24, 2.45) is 4.99 Å². The molecule has 0 saturated heterocycles. The van der Waals surface area contributed by atoms with Crippen LogP contribution in [0.2, 0.25) is 0 Å². The van der Waals surface area contributed by atoms with E-state index in [1.54, 1.807) is 11.3 Å². The lowest BCUT2D eigenvalue weighted by Crippen LogP contribution is -2.17. The predicted octanol–water partition coefficient (Wildman–Crippen LogP) is 12.8. The molecule has 46 heavy (non-hydrogen) atoms. The predicted molar refractivity (Wildman–Crippen MR) is 201 cm³/mol. The second-order valence-electron chi connectivity index (χ2n) is 14.6. The van der Waals surface area contributed by atoms with Gasteiger partial charge in [0.1, 0.15) is 5.01 Å². The van der Waals surface area contributed by atoms with Crippen molar-refractivity contribution in [3.8, 4) is 32.8 Å². The molecule has 1 aromatic heterocycles. The molecule has 1 heterocycles. The smallest absolute Gasteiger partial charge is 0.126 e. The van der Waals surface area contributed by atoms with Crippen LogP contribution in [0.25, 0.3) is 43.0 Å². The Balaban J connectivity index is 1.34. The summed E-state index contributed by atoms with van der Waals surface area (Å²) in [7, 11) is 0. The number of hydrogen-bond donors (Lipinski definition) is 0. The van der Waals surface area contributed by atoms with E-state index in [1.807, 2.05) is 6.21 Å². The van der Waals surface area contributed by atoms with Crippen LogP contribution in [0.5, 0.6) is 0 Å². The minimum atomic E-state index is 0.0552. The number of hydrogen-bond acceptors (Lipinski definition) is 3. The van der Waals surface area contributed by atoms with Crippen molar-refractivity contribution < 1.29 is 0 Å². The highest BCUT2D eigenvalue weighted by Gasteiger charge is 2.20. The van der Waals surface area contributed by atoms with E-state index in [2.05, 4.69) is 165 Å². The summed E-state index contributed by atoms with van der Waals surface area (Å²) < 4.78 is 1.17. The van der Waals surface area contributed by atoms with Gasteiger partial charge in [-0.1, -0.05) is 134 Å². The van der Waals surface area contributed by atoms with E-state index < -0.39 is 0 Å². The molecule has 0 aliphatic rings. The fourth-order valence-corrected chi connectivity index (χ4v) is 6.75. The Bertz CT molecular complexity index is 2000. The van der Waals surface area contributed by atoms with Crippen LogP contribution in [0.3, 0.4) is 0 Å². The zero-order valence-corrected chi connectivity index (χ0v) is 29.2. The summed E-state index contributed by atoms with van der Waals surface area (Å²) in [5, 5.41) is 0.983. The maximum atomic E-state index is 5.22. The molecule has 3 heteroatoms. The first kappa shape index (κ1) is 31.6. The van der Waals surface area contributed by atoms with Gasteiger partial charge in [0, 0.05) is 17.3 Å². The molecule has 0 aliphatic carbocycles. The third-order valence-corrected chi connectivity index (χ3v) is 9.73. The van der Waals surface area contributed by atoms with Crippen molar-refractivity contribution in [3.63, 3.8) is 0 Å². The molecule has 2 nitrogen and oxygen atoms in total. The van der Waals surface area contributed by atoms with Gasteiger partial charge in [-0.05, 0) is 86.0 Å². The Hall–Kier alpha value is -4.34. The Morgan fingerprint density at radius 2 is 1.26 bits per heavy atom. The number of aliphatic imine (C=N–C) groups is 1. The molecule has 0 aliphatic heterocycles. The molecular weight excluding hydrogens is 577 g/mol. The van der Waals surface area contributed by atoms with Crippen LogP contribution in [0.1, 0.15) is 83.6 Å². The SMILES string of the molecule is CC(C)c1cccc(-c2ccc(-c3cccc4sc(-c5ccccc5N=Cc5cc(C(C)(C)C)cc(C(C)(C)C)c5)nc34)cc2)c1. The van der Waals surface area contributed by atoms with E-state index >= 15 is 0 Å². The Labute approximate surface area is 278 Å². The number of para-hydroxylation sites is 2. The van der Waals surface area contributed by atoms with Crippen LogP contribution in [0.4, 0.5) is 5.69 Å². The van der Waals surface area contributed by atoms with Crippen LogP contribution in [-0.4, -0.2) is 11.2 Å². The van der Waals surface area contributed by atoms with Gasteiger partial charge in [-0.3, -0.25) is 4.99 Å². The van der Waals surface area contributed by atoms with Gasteiger partial charge in [-0.25, -0.2) is 4.98 Å². The van der Waals surface area contributed by atoms with Crippen molar-refractivity contribution in [2.75, 3.05) is 0 Å². The topological polar surface area (TPSA) is 25.2 Å². The van der Waals surface area contributed by atoms with Gasteiger partial charge >= 0.3 is 0 Å². The lowest BCUT2D eigenvalue weighted by molar-refractivity contribution is 0.568. The summed E-state index contributed by atoms with van der Waals surface area (Å²) in [6.45, 7) is 18.1. The van der Waals surface area contributed by atoms with Crippen LogP contribution >= 0.6 is 11.3 Å². The first-order valence-corrected chi connectivity index (χ1v) is 17.1. The molecule has 0 saturated carbocycles. The summed E-state index contributed by atoms with van der Waals surface area (Å²) in [4.78, 5) is 10.3. The number of rotatable bonds is 6. The molecule has 0 amide bonds. The summed E-state index contributed by atoms with van der Waals surface area (Å²) >= 11 is 1.73. The number of benzene rings is 5. The van der Waals surface area contributed by atoms with Crippen molar-refractivity contribution in [1.29, 1.82) is 0 Å². The van der Waals surface area contributed by atoms with Crippen molar-refractivity contribution >= 4 is 33.5 Å². The number of fused-ring (bicyclic) bond motifs is 1. The highest BCUT2D eigenvalue weighted by Crippen LogP contribution is 2.39. The van der Waals surface area contributed by atoms with E-state index in [0.717, 1.165) is 32.9 Å². The molecule has 5 aromatic carbocycles. The van der Waals surface area contributed by atoms with Crippen LogP contribution in [0.15, 0.2) is 114 Å². The Morgan fingerprint density at radius 3 is 1.93 bits per heavy atom. The maximum absolute atomic E-state index is 5.22. The molecule has 0 fully saturated rings. The second kappa shape index (κ2) is 12.5. The Morgan fingerprint density at radius 1 is 0.630 bits per heavy atom. The number of aromatic nitrogens is 1. The highest BCUT2D eigenvalue weighted by molar-refractivity contribution is 7.21. The first-order valence-electron chi connectivity index (χ1n) is 16.3. The van der Waals surface area contributed by atoms with Crippen LogP contribution in [-0.2, 0) is 10.8 Å². The third kappa shape index (κ3) is 6.76. The lowest BCUT2D eigenvalue weighted by atomic mass is 9.79. The third-order valence-electron chi connectivity index (χ3n) is 8.68. The van der Waals surface area contributed by atoms with Crippen molar-refractivity contribution in [3.05, 3.63) is 131 Å². The quantitative estimate of drug-likeness (QED) is 0.170. The van der Waals surface area contributed by atoms with Gasteiger partial charge in [-0.15, -0.1) is 11.3 Å². The zero-order valence-electron chi connectivity index (χ0n) is 28.3. The maximum Gasteiger partial charge on any atom is 0.126 e. The standard InChI is InChI=1S/C43H44N2S/c1-28(2)32-13-11-14-33(25-32)30-19-21-31(22-20-30)36-16-12-18-39-40(36)45-41(46-39)37-15-9-10-17-38(37)44-27-29-23-34(42(3,4)5)26-35(24-29)43(6,7)8/h9-28H,1-8H3. The molecule has 0 spiro atoms. The van der Waals surface area contributed by atoms with Gasteiger partial charge < -0.3 is 0 Å². The fraction of sp³-hybridized carbons (Fsp3) is 0.256. The molecule has 232 valence electrons. The zero-order chi connectivity index (χ0) is 32.6. The van der Waals surface area contributed by atoms with E-state index in [9.17, 15) is 0 Å². The second-order valence-corrected chi connectivity index (χ2v) is 15.7. The van der Waals surface area contributed by atoms with E-state index in [4.69, 9.17) is 9.98 Å². The summed E-state index contributed by atoms with van der Waals surface area (Å²) in [5.41, 5.74) is 13.1. The average Bonchev–Trinajstić information content (AvgIpc) is 3.48. The van der Waals surface area contributed by atoms with Gasteiger partial charge in [0.15, 0.2) is 0 Å². The molecule has 0 unspecified atom stereocenters. The van der Waals surface area contributed by atoms with Gasteiger partial charge in [0.2, 0.25) is 0 Å². The molecule has 0 atom stereocenters. The van der Waals surface area contributed by atoms with Crippen LogP contribution < -0.4 is 0 Å². The van der Waals surface area contributed by atoms with E-state index in [0.29, 0.717) is 5.92 Å². The summed E-state index contributed by atoms with van der Waals surface area (Å²) in [6.07, 6.45) is 2.01. The molecule has 0 bridgehead atoms. The summed E-state index contributed by atoms with van der Waals surface area (Å²) in [5.74, 6) is 0.507. The van der Waals surface area contributed by atoms with E-state index in [1.165, 1.54) is 38.1 Å². The first-order chi connectivity index (χ1) is 21.9.